The molecule has 3 aliphatic carbocycles. The number of fused-ring (bicyclic) bond motifs is 9. The van der Waals surface area contributed by atoms with Gasteiger partial charge in [-0.2, -0.15) is 0 Å². The molecule has 0 aromatic heterocycles. The van der Waals surface area contributed by atoms with Gasteiger partial charge in [-0.3, -0.25) is 0 Å². The van der Waals surface area contributed by atoms with E-state index in [1.165, 1.54) is 50.3 Å². The van der Waals surface area contributed by atoms with E-state index >= 15 is 0 Å². The van der Waals surface area contributed by atoms with Crippen molar-refractivity contribution in [1.29, 1.82) is 0 Å². The third-order valence-electron chi connectivity index (χ3n) is 10.1. The van der Waals surface area contributed by atoms with E-state index in [0.717, 1.165) is 5.75 Å². The predicted molar refractivity (Wildman–Crippen MR) is 176 cm³/mol. The number of thioether (sulfide) groups is 1. The maximum absolute atomic E-state index is 6.34. The number of ether oxygens (including phenoxy) is 1. The molecule has 0 fully saturated rings. The van der Waals surface area contributed by atoms with Crippen LogP contribution in [-0.4, -0.2) is 16.9 Å². The zero-order chi connectivity index (χ0) is 28.2. The van der Waals surface area contributed by atoms with Crippen LogP contribution >= 0.6 is 11.8 Å². The van der Waals surface area contributed by atoms with Crippen LogP contribution in [-0.2, 0) is 0 Å². The van der Waals surface area contributed by atoms with Crippen LogP contribution in [0.5, 0.6) is 5.75 Å². The quantitative estimate of drug-likeness (QED) is 0.308. The molecular formula is C39H33NOS. The van der Waals surface area contributed by atoms with Crippen molar-refractivity contribution < 1.29 is 4.74 Å². The Morgan fingerprint density at radius 3 is 2.71 bits per heavy atom. The minimum atomic E-state index is 0.0646. The average molecular weight is 564 g/mol. The molecule has 3 heteroatoms. The molecule has 0 amide bonds. The van der Waals surface area contributed by atoms with Crippen LogP contribution in [0, 0.1) is 19.8 Å². The fourth-order valence-corrected chi connectivity index (χ4v) is 9.81. The van der Waals surface area contributed by atoms with E-state index in [1.54, 1.807) is 4.91 Å². The van der Waals surface area contributed by atoms with E-state index in [0.29, 0.717) is 11.8 Å². The monoisotopic (exact) mass is 563 g/mol. The minimum Gasteiger partial charge on any atom is -0.485 e. The lowest BCUT2D eigenvalue weighted by molar-refractivity contribution is 0.269. The molecule has 2 nitrogen and oxygen atoms in total. The molecule has 6 unspecified atom stereocenters. The number of rotatable bonds is 2. The van der Waals surface area contributed by atoms with Gasteiger partial charge < -0.3 is 9.64 Å². The Balaban J connectivity index is 1.18. The Morgan fingerprint density at radius 1 is 0.881 bits per heavy atom. The summed E-state index contributed by atoms with van der Waals surface area (Å²) < 4.78 is 6.43. The van der Waals surface area contributed by atoms with Gasteiger partial charge in [0.2, 0.25) is 0 Å². The maximum atomic E-state index is 6.34. The second-order valence-corrected chi connectivity index (χ2v) is 14.2. The molecule has 3 heterocycles. The first kappa shape index (κ1) is 24.6. The third-order valence-corrected chi connectivity index (χ3v) is 11.6. The molecule has 42 heavy (non-hydrogen) atoms. The molecule has 0 spiro atoms. The average Bonchev–Trinajstić information content (AvgIpc) is 3.63. The Bertz CT molecular complexity index is 1870. The molecule has 9 rings (SSSR count). The van der Waals surface area contributed by atoms with E-state index in [-0.39, 0.29) is 22.8 Å². The molecule has 0 saturated heterocycles. The molecule has 3 aliphatic heterocycles. The highest BCUT2D eigenvalue weighted by molar-refractivity contribution is 8.04. The van der Waals surface area contributed by atoms with Crippen LogP contribution in [0.1, 0.15) is 46.6 Å². The van der Waals surface area contributed by atoms with Gasteiger partial charge in [-0.25, -0.2) is 0 Å². The van der Waals surface area contributed by atoms with Crippen molar-refractivity contribution in [3.63, 3.8) is 0 Å². The molecule has 3 aromatic rings. The summed E-state index contributed by atoms with van der Waals surface area (Å²) in [5.74, 6) is 2.01. The summed E-state index contributed by atoms with van der Waals surface area (Å²) >= 11 is 2.09. The second kappa shape index (κ2) is 8.78. The summed E-state index contributed by atoms with van der Waals surface area (Å²) in [6, 6.07) is 22.7. The zero-order valence-corrected chi connectivity index (χ0v) is 24.9. The van der Waals surface area contributed by atoms with Gasteiger partial charge in [0, 0.05) is 39.3 Å². The molecule has 0 bridgehead atoms. The van der Waals surface area contributed by atoms with Crippen LogP contribution in [0.25, 0.3) is 5.57 Å². The second-order valence-electron chi connectivity index (χ2n) is 12.7. The third kappa shape index (κ3) is 3.35. The van der Waals surface area contributed by atoms with Crippen LogP contribution in [0.3, 0.4) is 0 Å². The van der Waals surface area contributed by atoms with Gasteiger partial charge in [-0.1, -0.05) is 103 Å². The number of nitrogens with zero attached hydrogens (tertiary/aromatic N) is 1. The maximum Gasteiger partial charge on any atom is 0.128 e. The van der Waals surface area contributed by atoms with Gasteiger partial charge >= 0.3 is 0 Å². The smallest absolute Gasteiger partial charge is 0.128 e. The summed E-state index contributed by atoms with van der Waals surface area (Å²) in [5.41, 5.74) is 12.0. The normalized spacial score (nSPS) is 30.8. The highest BCUT2D eigenvalue weighted by Crippen LogP contribution is 2.63. The van der Waals surface area contributed by atoms with Crippen molar-refractivity contribution in [3.05, 3.63) is 154 Å². The first-order chi connectivity index (χ1) is 20.5. The van der Waals surface area contributed by atoms with Gasteiger partial charge in [-0.05, 0) is 66.2 Å². The van der Waals surface area contributed by atoms with Crippen molar-refractivity contribution in [2.45, 2.75) is 49.5 Å². The van der Waals surface area contributed by atoms with Crippen molar-refractivity contribution in [3.8, 4) is 5.75 Å². The molecule has 6 aliphatic rings. The molecular weight excluding hydrogens is 531 g/mol. The molecule has 6 atom stereocenters. The number of hydrogen-bond acceptors (Lipinski definition) is 3. The van der Waals surface area contributed by atoms with Crippen molar-refractivity contribution in [1.82, 2.24) is 0 Å². The summed E-state index contributed by atoms with van der Waals surface area (Å²) in [4.78, 5) is 4.19. The summed E-state index contributed by atoms with van der Waals surface area (Å²) in [5, 5.41) is 0. The van der Waals surface area contributed by atoms with E-state index in [1.807, 2.05) is 0 Å². The number of para-hydroxylation sites is 2. The van der Waals surface area contributed by atoms with Gasteiger partial charge in [0.25, 0.3) is 0 Å². The Labute approximate surface area is 252 Å². The molecule has 0 saturated carbocycles. The Kier molecular flexibility index (Phi) is 5.15. The largest absolute Gasteiger partial charge is 0.485 e. The van der Waals surface area contributed by atoms with Gasteiger partial charge in [-0.15, -0.1) is 11.8 Å². The minimum absolute atomic E-state index is 0.0646. The molecule has 0 radical (unpaired) electrons. The lowest BCUT2D eigenvalue weighted by Crippen LogP contribution is -2.31. The van der Waals surface area contributed by atoms with E-state index in [4.69, 9.17) is 4.74 Å². The van der Waals surface area contributed by atoms with Crippen molar-refractivity contribution in [2.75, 3.05) is 4.90 Å². The summed E-state index contributed by atoms with van der Waals surface area (Å²) in [6.07, 6.45) is 21.2. The van der Waals surface area contributed by atoms with E-state index < -0.39 is 0 Å². The first-order valence-corrected chi connectivity index (χ1v) is 15.9. The number of allylic oxidation sites excluding steroid dienone is 7. The van der Waals surface area contributed by atoms with E-state index in [2.05, 4.69) is 153 Å². The van der Waals surface area contributed by atoms with Crippen molar-refractivity contribution >= 4 is 28.7 Å². The highest BCUT2D eigenvalue weighted by Gasteiger charge is 2.51. The van der Waals surface area contributed by atoms with Crippen molar-refractivity contribution in [2.24, 2.45) is 5.92 Å². The van der Waals surface area contributed by atoms with E-state index in [9.17, 15) is 0 Å². The summed E-state index contributed by atoms with van der Waals surface area (Å²) in [6.45, 7) is 6.84. The fourth-order valence-electron chi connectivity index (χ4n) is 8.15. The molecule has 3 aromatic carbocycles. The number of benzene rings is 3. The Hall–Kier alpha value is -3.95. The molecule has 0 N–H and O–H groups in total. The topological polar surface area (TPSA) is 12.5 Å². The predicted octanol–water partition coefficient (Wildman–Crippen LogP) is 9.48. The fraction of sp³-hybridized carbons (Fsp3) is 0.231. The summed E-state index contributed by atoms with van der Waals surface area (Å²) in [7, 11) is 0. The van der Waals surface area contributed by atoms with Crippen LogP contribution in [0.15, 0.2) is 126 Å². The Morgan fingerprint density at radius 2 is 1.79 bits per heavy atom. The first-order valence-electron chi connectivity index (χ1n) is 15.1. The zero-order valence-electron chi connectivity index (χ0n) is 24.1. The van der Waals surface area contributed by atoms with Gasteiger partial charge in [0.15, 0.2) is 0 Å². The number of anilines is 2. The van der Waals surface area contributed by atoms with Gasteiger partial charge in [0.05, 0.1) is 11.7 Å². The van der Waals surface area contributed by atoms with Crippen LogP contribution in [0.4, 0.5) is 11.4 Å². The molecule has 206 valence electrons. The van der Waals surface area contributed by atoms with Crippen LogP contribution < -0.4 is 9.64 Å². The lowest BCUT2D eigenvalue weighted by Gasteiger charge is -2.34. The number of aryl methyl sites for hydroxylation is 2. The van der Waals surface area contributed by atoms with Gasteiger partial charge in [0.1, 0.15) is 11.9 Å². The number of hydrogen-bond donors (Lipinski definition) is 0. The highest BCUT2D eigenvalue weighted by atomic mass is 32.2. The van der Waals surface area contributed by atoms with Crippen LogP contribution in [0.2, 0.25) is 0 Å². The SMILES string of the molecule is Cc1ccc2c(c1)C1C=C(c3cccc(C)c3N3c4ccccc4C4C5=C(C=CC43)C3C=CC=CC3(C)S5)C=CC1O2. The standard InChI is InChI=1S/C39H33NOS/c1-23-14-18-34-29(21-23)30-22-25(15-19-35(30)41-34)26-11-8-9-24(2)37(26)40-32-13-5-4-10-28(32)36-33(40)17-16-27-31-12-6-7-20-39(31,3)42-38(27)36/h4-22,30-31,33,35-36H,1-3H3. The lowest BCUT2D eigenvalue weighted by atomic mass is 9.78.